The van der Waals surface area contributed by atoms with Gasteiger partial charge in [0.1, 0.15) is 17.5 Å². The Morgan fingerprint density at radius 1 is 1.05 bits per heavy atom. The van der Waals surface area contributed by atoms with Crippen LogP contribution in [0.25, 0.3) is 0 Å². The number of unbranched alkanes of at least 4 members (excludes halogenated alkanes) is 1. The van der Waals surface area contributed by atoms with Crippen molar-refractivity contribution in [1.82, 2.24) is 20.3 Å². The molecule has 0 aromatic carbocycles. The van der Waals surface area contributed by atoms with Crippen LogP contribution in [0.4, 0.5) is 11.8 Å². The van der Waals surface area contributed by atoms with Crippen molar-refractivity contribution in [2.45, 2.75) is 90.2 Å². The van der Waals surface area contributed by atoms with Gasteiger partial charge in [0, 0.05) is 24.8 Å². The Kier molecular flexibility index (Phi) is 11.6. The summed E-state index contributed by atoms with van der Waals surface area (Å²) in [5.41, 5.74) is 0.899. The first-order valence-electron chi connectivity index (χ1n) is 15.5. The van der Waals surface area contributed by atoms with E-state index in [-0.39, 0.29) is 0 Å². The van der Waals surface area contributed by atoms with Crippen LogP contribution in [-0.4, -0.2) is 52.4 Å². The normalized spacial score (nSPS) is 26.2. The molecule has 224 valence electrons. The zero-order valence-corrected chi connectivity index (χ0v) is 25.2. The molecule has 2 saturated carbocycles. The van der Waals surface area contributed by atoms with Gasteiger partial charge < -0.3 is 25.8 Å². The van der Waals surface area contributed by atoms with Crippen LogP contribution in [-0.2, 0) is 6.54 Å². The fourth-order valence-corrected chi connectivity index (χ4v) is 6.60. The minimum absolute atomic E-state index is 0.456. The van der Waals surface area contributed by atoms with Gasteiger partial charge >= 0.3 is 0 Å². The molecule has 2 aliphatic carbocycles. The highest BCUT2D eigenvalue weighted by molar-refractivity contribution is 5.53. The zero-order chi connectivity index (χ0) is 29.1. The first kappa shape index (κ1) is 31.0. The van der Waals surface area contributed by atoms with E-state index in [4.69, 9.17) is 4.74 Å². The van der Waals surface area contributed by atoms with Crippen molar-refractivity contribution < 1.29 is 9.84 Å². The van der Waals surface area contributed by atoms with Crippen LogP contribution in [0.2, 0.25) is 0 Å². The lowest BCUT2D eigenvalue weighted by Gasteiger charge is -2.36. The number of nitrogens with one attached hydrogen (secondary N) is 3. The third kappa shape index (κ3) is 9.54. The molecule has 0 amide bonds. The van der Waals surface area contributed by atoms with Gasteiger partial charge in [0.15, 0.2) is 0 Å². The Morgan fingerprint density at radius 2 is 1.78 bits per heavy atom. The van der Waals surface area contributed by atoms with Crippen LogP contribution in [0.1, 0.15) is 89.2 Å². The number of hydrogen-bond donors (Lipinski definition) is 4. The molecule has 2 aliphatic rings. The van der Waals surface area contributed by atoms with Crippen molar-refractivity contribution in [3.63, 3.8) is 0 Å². The van der Waals surface area contributed by atoms with E-state index in [2.05, 4.69) is 43.9 Å². The summed E-state index contributed by atoms with van der Waals surface area (Å²) in [6, 6.07) is 6.06. The number of aliphatic hydroxyl groups is 1. The average Bonchev–Trinajstić information content (AvgIpc) is 2.99. The molecule has 41 heavy (non-hydrogen) atoms. The predicted octanol–water partition coefficient (Wildman–Crippen LogP) is 5.53. The number of methoxy groups -OCH3 is 1. The van der Waals surface area contributed by atoms with Gasteiger partial charge in [-0.15, -0.1) is 0 Å². The molecule has 4 rings (SSSR count). The second-order valence-electron chi connectivity index (χ2n) is 12.5. The van der Waals surface area contributed by atoms with Crippen molar-refractivity contribution >= 4 is 11.8 Å². The first-order valence-corrected chi connectivity index (χ1v) is 15.5. The van der Waals surface area contributed by atoms with E-state index in [1.54, 1.807) is 19.5 Å². The third-order valence-electron chi connectivity index (χ3n) is 8.96. The number of anilines is 2. The molecular formula is C32H49N7O2. The van der Waals surface area contributed by atoms with Crippen molar-refractivity contribution in [2.75, 3.05) is 37.4 Å². The van der Waals surface area contributed by atoms with E-state index in [0.717, 1.165) is 56.8 Å². The maximum atomic E-state index is 10.3. The molecule has 0 saturated heterocycles. The van der Waals surface area contributed by atoms with Crippen LogP contribution in [0.15, 0.2) is 24.5 Å². The van der Waals surface area contributed by atoms with E-state index in [1.807, 2.05) is 19.1 Å². The van der Waals surface area contributed by atoms with Gasteiger partial charge in [0.05, 0.1) is 18.9 Å². The molecule has 2 heterocycles. The van der Waals surface area contributed by atoms with Gasteiger partial charge in [-0.2, -0.15) is 10.2 Å². The summed E-state index contributed by atoms with van der Waals surface area (Å²) >= 11 is 0. The molecule has 9 nitrogen and oxygen atoms in total. The Balaban J connectivity index is 1.32. The topological polar surface area (TPSA) is 128 Å². The van der Waals surface area contributed by atoms with Crippen molar-refractivity contribution in [3.8, 4) is 11.9 Å². The summed E-state index contributed by atoms with van der Waals surface area (Å²) in [5, 5.41) is 30.5. The number of pyridine rings is 1. The Hall–Kier alpha value is -2.96. The molecular weight excluding hydrogens is 514 g/mol. The molecule has 0 radical (unpaired) electrons. The van der Waals surface area contributed by atoms with Gasteiger partial charge in [-0.3, -0.25) is 0 Å². The van der Waals surface area contributed by atoms with Crippen molar-refractivity contribution in [2.24, 2.45) is 23.7 Å². The minimum Gasteiger partial charge on any atom is -0.481 e. The predicted molar refractivity (Wildman–Crippen MR) is 163 cm³/mol. The fraction of sp³-hybridized carbons (Fsp3) is 0.688. The Morgan fingerprint density at radius 3 is 2.51 bits per heavy atom. The highest BCUT2D eigenvalue weighted by Gasteiger charge is 2.30. The quantitative estimate of drug-likeness (QED) is 0.234. The van der Waals surface area contributed by atoms with Crippen molar-refractivity contribution in [3.05, 3.63) is 35.7 Å². The smallest absolute Gasteiger partial charge is 0.224 e. The Bertz CT molecular complexity index is 1130. The summed E-state index contributed by atoms with van der Waals surface area (Å²) in [4.78, 5) is 13.2. The number of rotatable bonds is 14. The van der Waals surface area contributed by atoms with E-state index in [1.165, 1.54) is 38.5 Å². The molecule has 2 aromatic heterocycles. The summed E-state index contributed by atoms with van der Waals surface area (Å²) in [6.07, 6.45) is 14.9. The van der Waals surface area contributed by atoms with E-state index in [0.29, 0.717) is 47.5 Å². The largest absolute Gasteiger partial charge is 0.481 e. The molecule has 9 heteroatoms. The molecule has 2 aromatic rings. The third-order valence-corrected chi connectivity index (χ3v) is 8.96. The highest BCUT2D eigenvalue weighted by Crippen LogP contribution is 2.37. The summed E-state index contributed by atoms with van der Waals surface area (Å²) in [6.45, 7) is 7.65. The monoisotopic (exact) mass is 563 g/mol. The molecule has 0 aliphatic heterocycles. The fourth-order valence-electron chi connectivity index (χ4n) is 6.60. The Labute approximate surface area is 245 Å². The molecule has 0 spiro atoms. The molecule has 3 atom stereocenters. The second-order valence-corrected chi connectivity index (χ2v) is 12.5. The SMILES string of the molecule is CCCCC1C[C@@H](CNC[C@H]2CC[C@@](C)(O)CC2)C[C@H](CNc2nc(NCc3cccnc3OC)ncc2C#N)C1. The molecule has 1 unspecified atom stereocenters. The standard InChI is InChI=1S/C32H49N7O2/c1-4-5-7-24-14-25(19-34-18-23-9-11-32(2,40)12-10-23)16-26(15-24)20-36-29-28(17-33)22-38-31(39-29)37-21-27-8-6-13-35-30(27)41-3/h6,8,13,22-26,34,40H,4-5,7,9-12,14-16,18-21H2,1-3H3,(H2,36,37,38,39)/t23-,24?,25-,26-,32+/m1/s1. The summed E-state index contributed by atoms with van der Waals surface area (Å²) in [7, 11) is 1.60. The van der Waals surface area contributed by atoms with Gasteiger partial charge in [0.25, 0.3) is 0 Å². The van der Waals surface area contributed by atoms with Gasteiger partial charge in [-0.25, -0.2) is 9.97 Å². The lowest BCUT2D eigenvalue weighted by atomic mass is 9.73. The lowest BCUT2D eigenvalue weighted by Crippen LogP contribution is -2.37. The average molecular weight is 564 g/mol. The number of nitriles is 1. The molecule has 4 N–H and O–H groups in total. The van der Waals surface area contributed by atoms with Gasteiger partial charge in [-0.1, -0.05) is 32.3 Å². The summed E-state index contributed by atoms with van der Waals surface area (Å²) in [5.74, 6) is 4.25. The zero-order valence-electron chi connectivity index (χ0n) is 25.2. The first-order chi connectivity index (χ1) is 19.9. The van der Waals surface area contributed by atoms with Crippen LogP contribution < -0.4 is 20.7 Å². The van der Waals surface area contributed by atoms with Crippen LogP contribution in [0, 0.1) is 35.0 Å². The number of nitrogens with zero attached hydrogens (tertiary/aromatic N) is 4. The second kappa shape index (κ2) is 15.3. The number of aromatic nitrogens is 3. The van der Waals surface area contributed by atoms with Crippen LogP contribution >= 0.6 is 0 Å². The summed E-state index contributed by atoms with van der Waals surface area (Å²) < 4.78 is 5.34. The highest BCUT2D eigenvalue weighted by atomic mass is 16.5. The van der Waals surface area contributed by atoms with Gasteiger partial charge in [-0.05, 0) is 94.7 Å². The van der Waals surface area contributed by atoms with Crippen LogP contribution in [0.5, 0.6) is 5.88 Å². The maximum Gasteiger partial charge on any atom is 0.224 e. The maximum absolute atomic E-state index is 10.3. The number of hydrogen-bond acceptors (Lipinski definition) is 9. The van der Waals surface area contributed by atoms with E-state index >= 15 is 0 Å². The minimum atomic E-state index is -0.467. The van der Waals surface area contributed by atoms with Crippen LogP contribution in [0.3, 0.4) is 0 Å². The number of ether oxygens (including phenoxy) is 1. The van der Waals surface area contributed by atoms with E-state index in [9.17, 15) is 10.4 Å². The lowest BCUT2D eigenvalue weighted by molar-refractivity contribution is 0.00799. The molecule has 0 bridgehead atoms. The molecule has 2 fully saturated rings. The van der Waals surface area contributed by atoms with E-state index < -0.39 is 5.60 Å². The van der Waals surface area contributed by atoms with Crippen molar-refractivity contribution in [1.29, 1.82) is 5.26 Å². The van der Waals surface area contributed by atoms with Gasteiger partial charge in [0.2, 0.25) is 11.8 Å².